The fourth-order valence-corrected chi connectivity index (χ4v) is 2.70. The average Bonchev–Trinajstić information content (AvgIpc) is 2.61. The summed E-state index contributed by atoms with van der Waals surface area (Å²) >= 11 is 1.45. The number of carbonyl (C=O) groups is 1. The van der Waals surface area contributed by atoms with E-state index >= 15 is 0 Å². The van der Waals surface area contributed by atoms with Crippen LogP contribution in [0.2, 0.25) is 0 Å². The van der Waals surface area contributed by atoms with Crippen LogP contribution in [0.5, 0.6) is 0 Å². The summed E-state index contributed by atoms with van der Waals surface area (Å²) in [6.45, 7) is -0.280. The lowest BCUT2D eigenvalue weighted by Crippen LogP contribution is -2.26. The number of fused-ring (bicyclic) bond motifs is 1. The monoisotopic (exact) mass is 327 g/mol. The van der Waals surface area contributed by atoms with Crippen molar-refractivity contribution in [3.05, 3.63) is 64.4 Å². The fourth-order valence-electron chi connectivity index (χ4n) is 2.12. The van der Waals surface area contributed by atoms with E-state index in [-0.39, 0.29) is 12.3 Å². The van der Waals surface area contributed by atoms with Crippen molar-refractivity contribution in [3.8, 4) is 0 Å². The normalized spacial score (nSPS) is 10.7. The number of aromatic nitrogens is 3. The predicted molar refractivity (Wildman–Crippen MR) is 87.4 cm³/mol. The van der Waals surface area contributed by atoms with Crippen molar-refractivity contribution in [2.45, 2.75) is 11.6 Å². The van der Waals surface area contributed by atoms with Crippen LogP contribution in [-0.2, 0) is 11.5 Å². The minimum Gasteiger partial charge on any atom is -0.439 e. The van der Waals surface area contributed by atoms with Gasteiger partial charge >= 0.3 is 5.97 Å². The first-order chi connectivity index (χ1) is 11.2. The minimum absolute atomic E-state index is 0.280. The Morgan fingerprint density at radius 2 is 1.91 bits per heavy atom. The lowest BCUT2D eigenvalue weighted by atomic mass is 10.2. The van der Waals surface area contributed by atoms with Crippen molar-refractivity contribution in [1.82, 2.24) is 15.0 Å². The Kier molecular flexibility index (Phi) is 4.38. The first kappa shape index (κ1) is 15.2. The highest BCUT2D eigenvalue weighted by Crippen LogP contribution is 2.20. The molecular formula is C16H13N3O3S. The summed E-state index contributed by atoms with van der Waals surface area (Å²) in [6, 6.07) is 14.0. The van der Waals surface area contributed by atoms with Gasteiger partial charge in [0, 0.05) is 4.90 Å². The van der Waals surface area contributed by atoms with Crippen LogP contribution >= 0.6 is 11.8 Å². The van der Waals surface area contributed by atoms with Crippen molar-refractivity contribution in [2.24, 2.45) is 0 Å². The second-order valence-electron chi connectivity index (χ2n) is 4.67. The molecule has 0 aliphatic carbocycles. The quantitative estimate of drug-likeness (QED) is 0.541. The summed E-state index contributed by atoms with van der Waals surface area (Å²) < 4.78 is 6.22. The predicted octanol–water partition coefficient (Wildman–Crippen LogP) is 2.33. The highest BCUT2D eigenvalue weighted by atomic mass is 32.2. The Labute approximate surface area is 136 Å². The van der Waals surface area contributed by atoms with Gasteiger partial charge in [-0.25, -0.2) is 4.79 Å². The molecule has 0 aliphatic heterocycles. The second-order valence-corrected chi connectivity index (χ2v) is 5.52. The van der Waals surface area contributed by atoms with E-state index in [1.807, 2.05) is 18.4 Å². The molecule has 0 saturated heterocycles. The Hall–Kier alpha value is -2.67. The van der Waals surface area contributed by atoms with E-state index in [2.05, 4.69) is 10.3 Å². The van der Waals surface area contributed by atoms with Gasteiger partial charge in [0.05, 0.1) is 10.9 Å². The van der Waals surface area contributed by atoms with Crippen LogP contribution in [0.1, 0.15) is 10.4 Å². The smallest absolute Gasteiger partial charge is 0.341 e. The zero-order chi connectivity index (χ0) is 16.2. The van der Waals surface area contributed by atoms with E-state index < -0.39 is 5.97 Å². The maximum Gasteiger partial charge on any atom is 0.341 e. The summed E-state index contributed by atoms with van der Waals surface area (Å²) in [5.74, 6) is -0.503. The van der Waals surface area contributed by atoms with Gasteiger partial charge in [-0.05, 0) is 30.5 Å². The van der Waals surface area contributed by atoms with Gasteiger partial charge in [-0.1, -0.05) is 29.5 Å². The molecule has 2 aromatic carbocycles. The highest BCUT2D eigenvalue weighted by molar-refractivity contribution is 7.98. The number of ether oxygens (including phenoxy) is 1. The van der Waals surface area contributed by atoms with Crippen molar-refractivity contribution in [2.75, 3.05) is 6.26 Å². The SMILES string of the molecule is CSc1ccccc1C(=O)OCn1nnc2ccccc2c1=O. The molecule has 6 nitrogen and oxygen atoms in total. The van der Waals surface area contributed by atoms with E-state index in [0.717, 1.165) is 9.58 Å². The standard InChI is InChI=1S/C16H13N3O3S/c1-23-14-9-5-3-7-12(14)16(21)22-10-19-15(20)11-6-2-4-8-13(11)17-18-19/h2-9H,10H2,1H3. The van der Waals surface area contributed by atoms with Gasteiger partial charge in [-0.2, -0.15) is 4.68 Å². The first-order valence-electron chi connectivity index (χ1n) is 6.83. The molecule has 0 bridgehead atoms. The third-order valence-electron chi connectivity index (χ3n) is 3.27. The maximum absolute atomic E-state index is 12.3. The Bertz CT molecular complexity index is 924. The van der Waals surface area contributed by atoms with Crippen LogP contribution < -0.4 is 5.56 Å². The van der Waals surface area contributed by atoms with Gasteiger partial charge in [0.15, 0.2) is 6.73 Å². The van der Waals surface area contributed by atoms with Crippen molar-refractivity contribution < 1.29 is 9.53 Å². The third kappa shape index (κ3) is 3.09. The number of benzene rings is 2. The van der Waals surface area contributed by atoms with E-state index in [4.69, 9.17) is 4.74 Å². The Morgan fingerprint density at radius 3 is 2.74 bits per heavy atom. The lowest BCUT2D eigenvalue weighted by molar-refractivity contribution is 0.0332. The number of hydrogen-bond donors (Lipinski definition) is 0. The first-order valence-corrected chi connectivity index (χ1v) is 8.06. The molecule has 0 unspecified atom stereocenters. The molecule has 0 aliphatic rings. The van der Waals surface area contributed by atoms with Crippen molar-refractivity contribution in [1.29, 1.82) is 0 Å². The molecule has 0 N–H and O–H groups in total. The summed E-state index contributed by atoms with van der Waals surface area (Å²) in [4.78, 5) is 25.3. The molecule has 1 aromatic heterocycles. The summed E-state index contributed by atoms with van der Waals surface area (Å²) in [5, 5.41) is 8.16. The number of esters is 1. The molecule has 0 fully saturated rings. The molecule has 3 rings (SSSR count). The summed E-state index contributed by atoms with van der Waals surface area (Å²) in [7, 11) is 0. The molecule has 0 spiro atoms. The number of carbonyl (C=O) groups excluding carboxylic acids is 1. The van der Waals surface area contributed by atoms with Gasteiger partial charge in [0.1, 0.15) is 5.52 Å². The van der Waals surface area contributed by atoms with E-state index in [1.54, 1.807) is 36.4 Å². The molecule has 23 heavy (non-hydrogen) atoms. The van der Waals surface area contributed by atoms with Gasteiger partial charge in [-0.3, -0.25) is 4.79 Å². The van der Waals surface area contributed by atoms with E-state index in [1.165, 1.54) is 11.8 Å². The summed E-state index contributed by atoms with van der Waals surface area (Å²) in [6.07, 6.45) is 1.88. The molecule has 1 heterocycles. The molecule has 3 aromatic rings. The van der Waals surface area contributed by atoms with Gasteiger partial charge in [0.2, 0.25) is 0 Å². The average molecular weight is 327 g/mol. The number of nitrogens with zero attached hydrogens (tertiary/aromatic N) is 3. The van der Waals surface area contributed by atoms with Crippen LogP contribution in [0.25, 0.3) is 10.9 Å². The zero-order valence-electron chi connectivity index (χ0n) is 12.3. The zero-order valence-corrected chi connectivity index (χ0v) is 13.1. The van der Waals surface area contributed by atoms with Crippen LogP contribution in [0.3, 0.4) is 0 Å². The van der Waals surface area contributed by atoms with Crippen LogP contribution in [0.15, 0.2) is 58.2 Å². The molecule has 0 saturated carbocycles. The molecule has 0 atom stereocenters. The highest BCUT2D eigenvalue weighted by Gasteiger charge is 2.13. The molecular weight excluding hydrogens is 314 g/mol. The fraction of sp³-hybridized carbons (Fsp3) is 0.125. The molecule has 116 valence electrons. The summed E-state index contributed by atoms with van der Waals surface area (Å²) in [5.41, 5.74) is 0.621. The minimum atomic E-state index is -0.503. The topological polar surface area (TPSA) is 74.1 Å². The van der Waals surface area contributed by atoms with Crippen LogP contribution in [0, 0.1) is 0 Å². The van der Waals surface area contributed by atoms with Crippen LogP contribution in [-0.4, -0.2) is 27.2 Å². The molecule has 0 radical (unpaired) electrons. The number of thioether (sulfide) groups is 1. The Balaban J connectivity index is 1.82. The second kappa shape index (κ2) is 6.62. The lowest BCUT2D eigenvalue weighted by Gasteiger charge is -2.08. The van der Waals surface area contributed by atoms with Gasteiger partial charge in [0.25, 0.3) is 5.56 Å². The Morgan fingerprint density at radius 1 is 1.17 bits per heavy atom. The van der Waals surface area contributed by atoms with Gasteiger partial charge < -0.3 is 4.74 Å². The van der Waals surface area contributed by atoms with E-state index in [0.29, 0.717) is 16.5 Å². The number of hydrogen-bond acceptors (Lipinski definition) is 6. The van der Waals surface area contributed by atoms with Gasteiger partial charge in [-0.15, -0.1) is 16.9 Å². The maximum atomic E-state index is 12.3. The van der Waals surface area contributed by atoms with Crippen LogP contribution in [0.4, 0.5) is 0 Å². The van der Waals surface area contributed by atoms with E-state index in [9.17, 15) is 9.59 Å². The third-order valence-corrected chi connectivity index (χ3v) is 4.07. The number of rotatable bonds is 4. The van der Waals surface area contributed by atoms with Crippen molar-refractivity contribution >= 4 is 28.6 Å². The molecule has 0 amide bonds. The largest absolute Gasteiger partial charge is 0.439 e. The molecule has 7 heteroatoms. The van der Waals surface area contributed by atoms with Crippen molar-refractivity contribution in [3.63, 3.8) is 0 Å².